The molecule has 0 aliphatic rings. The molecule has 1 atom stereocenters. The quantitative estimate of drug-likeness (QED) is 0.669. The highest BCUT2D eigenvalue weighted by Gasteiger charge is 2.22. The average Bonchev–Trinajstić information content (AvgIpc) is 2.67. The maximum atomic E-state index is 13.1. The lowest BCUT2D eigenvalue weighted by atomic mass is 10.1. The van der Waals surface area contributed by atoms with Gasteiger partial charge in [-0.15, -0.1) is 0 Å². The molecule has 1 N–H and O–H groups in total. The van der Waals surface area contributed by atoms with Gasteiger partial charge < -0.3 is 14.8 Å². The lowest BCUT2D eigenvalue weighted by Crippen LogP contribution is -2.40. The Morgan fingerprint density at radius 3 is 2.28 bits per heavy atom. The van der Waals surface area contributed by atoms with E-state index in [1.54, 1.807) is 25.1 Å². The summed E-state index contributed by atoms with van der Waals surface area (Å²) in [6.07, 6.45) is 1.03. The Labute approximate surface area is 170 Å². The van der Waals surface area contributed by atoms with Crippen LogP contribution >= 0.6 is 0 Å². The van der Waals surface area contributed by atoms with Gasteiger partial charge in [-0.1, -0.05) is 18.2 Å². The van der Waals surface area contributed by atoms with E-state index in [2.05, 4.69) is 5.32 Å². The Balaban J connectivity index is 2.08. The molecule has 0 fully saturated rings. The molecule has 158 valence electrons. The van der Waals surface area contributed by atoms with Crippen molar-refractivity contribution in [3.8, 4) is 11.5 Å². The van der Waals surface area contributed by atoms with E-state index in [0.29, 0.717) is 17.1 Å². The van der Waals surface area contributed by atoms with Crippen LogP contribution in [0.25, 0.3) is 0 Å². The summed E-state index contributed by atoms with van der Waals surface area (Å²) in [5, 5.41) is 2.78. The molecular formula is C20H25FN2O5S. The van der Waals surface area contributed by atoms with E-state index in [1.165, 1.54) is 38.5 Å². The van der Waals surface area contributed by atoms with Crippen LogP contribution in [0, 0.1) is 5.82 Å². The molecule has 7 nitrogen and oxygen atoms in total. The van der Waals surface area contributed by atoms with Crippen molar-refractivity contribution in [2.45, 2.75) is 19.5 Å². The van der Waals surface area contributed by atoms with E-state index in [1.807, 2.05) is 0 Å². The second-order valence-corrected chi connectivity index (χ2v) is 8.54. The topological polar surface area (TPSA) is 84.9 Å². The normalized spacial score (nSPS) is 12.5. The molecule has 0 saturated carbocycles. The Kier molecular flexibility index (Phi) is 7.58. The van der Waals surface area contributed by atoms with Crippen LogP contribution in [-0.4, -0.2) is 45.7 Å². The van der Waals surface area contributed by atoms with Gasteiger partial charge in [-0.2, -0.15) is 4.31 Å². The number of amides is 1. The lowest BCUT2D eigenvalue weighted by molar-refractivity contribution is -0.122. The molecule has 0 aromatic heterocycles. The van der Waals surface area contributed by atoms with Crippen molar-refractivity contribution in [1.29, 1.82) is 0 Å². The molecule has 0 saturated heterocycles. The standard InChI is InChI=1S/C20H25FN2O5S/c1-14(16-7-10-18(27-2)19(11-16)28-3)22-20(24)13-23(29(4,25)26)12-15-5-8-17(21)9-6-15/h5-11,14H,12-13H2,1-4H3,(H,22,24)/t14-/m0/s1. The summed E-state index contributed by atoms with van der Waals surface area (Å²) in [5.41, 5.74) is 1.36. The smallest absolute Gasteiger partial charge is 0.235 e. The Morgan fingerprint density at radius 2 is 1.72 bits per heavy atom. The van der Waals surface area contributed by atoms with E-state index >= 15 is 0 Å². The van der Waals surface area contributed by atoms with Gasteiger partial charge in [0.05, 0.1) is 33.1 Å². The zero-order chi connectivity index (χ0) is 21.6. The van der Waals surface area contributed by atoms with Gasteiger partial charge in [0.25, 0.3) is 0 Å². The molecule has 0 heterocycles. The Bertz CT molecular complexity index is 948. The van der Waals surface area contributed by atoms with Crippen molar-refractivity contribution in [3.63, 3.8) is 0 Å². The van der Waals surface area contributed by atoms with Gasteiger partial charge in [0.2, 0.25) is 15.9 Å². The zero-order valence-corrected chi connectivity index (χ0v) is 17.6. The predicted molar refractivity (Wildman–Crippen MR) is 108 cm³/mol. The van der Waals surface area contributed by atoms with Crippen LogP contribution < -0.4 is 14.8 Å². The van der Waals surface area contributed by atoms with Crippen LogP contribution in [0.1, 0.15) is 24.1 Å². The number of sulfonamides is 1. The molecule has 2 aromatic carbocycles. The molecule has 2 rings (SSSR count). The number of halogens is 1. The highest BCUT2D eigenvalue weighted by Crippen LogP contribution is 2.29. The number of methoxy groups -OCH3 is 2. The Hall–Kier alpha value is -2.65. The summed E-state index contributed by atoms with van der Waals surface area (Å²) in [5.74, 6) is 0.221. The van der Waals surface area contributed by atoms with Gasteiger partial charge in [0.15, 0.2) is 11.5 Å². The van der Waals surface area contributed by atoms with Gasteiger partial charge in [0, 0.05) is 6.54 Å². The first-order chi connectivity index (χ1) is 13.6. The van der Waals surface area contributed by atoms with Crippen molar-refractivity contribution < 1.29 is 27.1 Å². The molecular weight excluding hydrogens is 399 g/mol. The fourth-order valence-corrected chi connectivity index (χ4v) is 3.47. The number of hydrogen-bond donors (Lipinski definition) is 1. The van der Waals surface area contributed by atoms with Crippen LogP contribution in [-0.2, 0) is 21.4 Å². The third kappa shape index (κ3) is 6.43. The first-order valence-corrected chi connectivity index (χ1v) is 10.7. The van der Waals surface area contributed by atoms with Gasteiger partial charge in [-0.05, 0) is 42.3 Å². The van der Waals surface area contributed by atoms with E-state index in [0.717, 1.165) is 16.1 Å². The summed E-state index contributed by atoms with van der Waals surface area (Å²) in [4.78, 5) is 12.5. The van der Waals surface area contributed by atoms with Crippen LogP contribution in [0.3, 0.4) is 0 Å². The largest absolute Gasteiger partial charge is 0.493 e. The minimum absolute atomic E-state index is 0.0305. The number of rotatable bonds is 9. The van der Waals surface area contributed by atoms with Crippen LogP contribution in [0.4, 0.5) is 4.39 Å². The first-order valence-electron chi connectivity index (χ1n) is 8.85. The second-order valence-electron chi connectivity index (χ2n) is 6.56. The highest BCUT2D eigenvalue weighted by molar-refractivity contribution is 7.88. The average molecular weight is 424 g/mol. The fraction of sp³-hybridized carbons (Fsp3) is 0.350. The summed E-state index contributed by atoms with van der Waals surface area (Å²) in [7, 11) is -0.597. The van der Waals surface area contributed by atoms with Crippen molar-refractivity contribution in [2.24, 2.45) is 0 Å². The number of carbonyl (C=O) groups excluding carboxylic acids is 1. The van der Waals surface area contributed by atoms with Crippen LogP contribution in [0.15, 0.2) is 42.5 Å². The summed E-state index contributed by atoms with van der Waals surface area (Å²) in [6.45, 7) is 1.40. The number of benzene rings is 2. The lowest BCUT2D eigenvalue weighted by Gasteiger charge is -2.22. The van der Waals surface area contributed by atoms with E-state index in [4.69, 9.17) is 9.47 Å². The molecule has 0 bridgehead atoms. The summed E-state index contributed by atoms with van der Waals surface area (Å²) >= 11 is 0. The molecule has 0 spiro atoms. The van der Waals surface area contributed by atoms with Gasteiger partial charge in [-0.25, -0.2) is 12.8 Å². The van der Waals surface area contributed by atoms with E-state index < -0.39 is 21.7 Å². The molecule has 1 amide bonds. The van der Waals surface area contributed by atoms with E-state index in [-0.39, 0.29) is 19.1 Å². The van der Waals surface area contributed by atoms with Crippen LogP contribution in [0.2, 0.25) is 0 Å². The second kappa shape index (κ2) is 9.71. The maximum absolute atomic E-state index is 13.1. The number of ether oxygens (including phenoxy) is 2. The molecule has 29 heavy (non-hydrogen) atoms. The SMILES string of the molecule is COc1ccc([C@H](C)NC(=O)CN(Cc2ccc(F)cc2)S(C)(=O)=O)cc1OC. The highest BCUT2D eigenvalue weighted by atomic mass is 32.2. The third-order valence-corrected chi connectivity index (χ3v) is 5.54. The van der Waals surface area contributed by atoms with Crippen molar-refractivity contribution in [1.82, 2.24) is 9.62 Å². The molecule has 0 radical (unpaired) electrons. The van der Waals surface area contributed by atoms with Crippen molar-refractivity contribution in [3.05, 3.63) is 59.4 Å². The maximum Gasteiger partial charge on any atom is 0.235 e. The number of hydrogen-bond acceptors (Lipinski definition) is 5. The minimum atomic E-state index is -3.65. The third-order valence-electron chi connectivity index (χ3n) is 4.35. The van der Waals surface area contributed by atoms with E-state index in [9.17, 15) is 17.6 Å². The fourth-order valence-electron chi connectivity index (χ4n) is 2.74. The monoisotopic (exact) mass is 424 g/mol. The van der Waals surface area contributed by atoms with Gasteiger partial charge in [-0.3, -0.25) is 4.79 Å². The molecule has 2 aromatic rings. The summed E-state index contributed by atoms with van der Waals surface area (Å²) in [6, 6.07) is 10.3. The number of nitrogens with zero attached hydrogens (tertiary/aromatic N) is 1. The number of carbonyl (C=O) groups is 1. The summed E-state index contributed by atoms with van der Waals surface area (Å²) < 4.78 is 48.7. The minimum Gasteiger partial charge on any atom is -0.493 e. The molecule has 0 aliphatic carbocycles. The van der Waals surface area contributed by atoms with Gasteiger partial charge in [0.1, 0.15) is 5.82 Å². The number of nitrogens with one attached hydrogen (secondary N) is 1. The molecule has 9 heteroatoms. The predicted octanol–water partition coefficient (Wildman–Crippen LogP) is 2.48. The molecule has 0 unspecified atom stereocenters. The van der Waals surface area contributed by atoms with Crippen molar-refractivity contribution >= 4 is 15.9 Å². The van der Waals surface area contributed by atoms with Crippen LogP contribution in [0.5, 0.6) is 11.5 Å². The zero-order valence-electron chi connectivity index (χ0n) is 16.8. The first kappa shape index (κ1) is 22.6. The Morgan fingerprint density at radius 1 is 1.10 bits per heavy atom. The van der Waals surface area contributed by atoms with Gasteiger partial charge >= 0.3 is 0 Å². The van der Waals surface area contributed by atoms with Crippen molar-refractivity contribution in [2.75, 3.05) is 27.0 Å². The molecule has 0 aliphatic heterocycles.